The van der Waals surface area contributed by atoms with Crippen molar-refractivity contribution < 1.29 is 4.74 Å². The van der Waals surface area contributed by atoms with Crippen molar-refractivity contribution in [1.29, 1.82) is 0 Å². The molecule has 0 bridgehead atoms. The minimum atomic E-state index is 0.857. The number of benzene rings is 1. The van der Waals surface area contributed by atoms with Gasteiger partial charge in [0.1, 0.15) is 5.75 Å². The summed E-state index contributed by atoms with van der Waals surface area (Å²) < 4.78 is 8.04. The Kier molecular flexibility index (Phi) is 4.36. The Morgan fingerprint density at radius 3 is 2.78 bits per heavy atom. The molecular formula is C13H16BrN3O. The first kappa shape index (κ1) is 13.1. The lowest BCUT2D eigenvalue weighted by Gasteiger charge is -2.05. The summed E-state index contributed by atoms with van der Waals surface area (Å²) in [5, 5.41) is 8.16. The van der Waals surface area contributed by atoms with Crippen molar-refractivity contribution in [2.45, 2.75) is 26.3 Å². The van der Waals surface area contributed by atoms with Crippen LogP contribution in [0.4, 0.5) is 0 Å². The predicted octanol–water partition coefficient (Wildman–Crippen LogP) is 2.85. The topological polar surface area (TPSA) is 39.9 Å². The quantitative estimate of drug-likeness (QED) is 0.852. The summed E-state index contributed by atoms with van der Waals surface area (Å²) in [5.74, 6) is 0.857. The highest BCUT2D eigenvalue weighted by Crippen LogP contribution is 2.25. The van der Waals surface area contributed by atoms with Crippen LogP contribution in [0.5, 0.6) is 5.75 Å². The van der Waals surface area contributed by atoms with Crippen LogP contribution in [0, 0.1) is 0 Å². The van der Waals surface area contributed by atoms with E-state index in [0.717, 1.165) is 35.3 Å². The van der Waals surface area contributed by atoms with Crippen molar-refractivity contribution in [3.05, 3.63) is 40.1 Å². The second-order valence-corrected chi connectivity index (χ2v) is 4.89. The zero-order chi connectivity index (χ0) is 13.0. The van der Waals surface area contributed by atoms with Crippen LogP contribution in [-0.2, 0) is 19.4 Å². The van der Waals surface area contributed by atoms with Gasteiger partial charge in [0.25, 0.3) is 0 Å². The van der Waals surface area contributed by atoms with Gasteiger partial charge in [-0.15, -0.1) is 5.10 Å². The third-order valence-electron chi connectivity index (χ3n) is 2.80. The third-order valence-corrected chi connectivity index (χ3v) is 3.42. The van der Waals surface area contributed by atoms with Gasteiger partial charge in [-0.1, -0.05) is 11.3 Å². The van der Waals surface area contributed by atoms with Gasteiger partial charge in [-0.3, -0.25) is 4.68 Å². The monoisotopic (exact) mass is 309 g/mol. The fourth-order valence-corrected chi connectivity index (χ4v) is 2.33. The van der Waals surface area contributed by atoms with E-state index < -0.39 is 0 Å². The van der Waals surface area contributed by atoms with E-state index in [1.165, 1.54) is 5.56 Å². The highest BCUT2D eigenvalue weighted by atomic mass is 79.9. The van der Waals surface area contributed by atoms with Crippen LogP contribution in [0.3, 0.4) is 0 Å². The molecule has 0 fully saturated rings. The molecular weight excluding hydrogens is 294 g/mol. The number of methoxy groups -OCH3 is 1. The number of rotatable bonds is 5. The first-order valence-electron chi connectivity index (χ1n) is 5.94. The van der Waals surface area contributed by atoms with Gasteiger partial charge in [-0.2, -0.15) is 0 Å². The van der Waals surface area contributed by atoms with Crippen molar-refractivity contribution in [3.63, 3.8) is 0 Å². The van der Waals surface area contributed by atoms with Gasteiger partial charge in [-0.25, -0.2) is 0 Å². The molecule has 1 aromatic heterocycles. The summed E-state index contributed by atoms with van der Waals surface area (Å²) in [6.07, 6.45) is 3.85. The van der Waals surface area contributed by atoms with Crippen LogP contribution in [0.15, 0.2) is 28.9 Å². The fraction of sp³-hybridized carbons (Fsp3) is 0.385. The fourth-order valence-electron chi connectivity index (χ4n) is 1.75. The molecule has 0 aliphatic heterocycles. The second-order valence-electron chi connectivity index (χ2n) is 4.03. The Bertz CT molecular complexity index is 525. The third kappa shape index (κ3) is 3.10. The van der Waals surface area contributed by atoms with E-state index in [0.29, 0.717) is 0 Å². The lowest BCUT2D eigenvalue weighted by Crippen LogP contribution is -1.93. The average molecular weight is 310 g/mol. The van der Waals surface area contributed by atoms with E-state index in [1.54, 1.807) is 7.11 Å². The molecule has 0 amide bonds. The van der Waals surface area contributed by atoms with Crippen LogP contribution in [0.1, 0.15) is 18.2 Å². The van der Waals surface area contributed by atoms with Gasteiger partial charge in [0.15, 0.2) is 0 Å². The molecule has 0 spiro atoms. The van der Waals surface area contributed by atoms with Gasteiger partial charge < -0.3 is 4.74 Å². The number of hydrogen-bond donors (Lipinski definition) is 0. The van der Waals surface area contributed by atoms with Gasteiger partial charge in [0, 0.05) is 12.7 Å². The number of aryl methyl sites for hydroxylation is 3. The van der Waals surface area contributed by atoms with E-state index in [9.17, 15) is 0 Å². The number of nitrogens with zero attached hydrogens (tertiary/aromatic N) is 3. The highest BCUT2D eigenvalue weighted by molar-refractivity contribution is 9.10. The minimum Gasteiger partial charge on any atom is -0.496 e. The molecule has 2 rings (SSSR count). The molecule has 96 valence electrons. The standard InChI is InChI=1S/C13H16BrN3O/c1-3-17-9-11(15-16-17)6-4-10-5-7-13(18-2)12(14)8-10/h5,7-9H,3-4,6H2,1-2H3. The van der Waals surface area contributed by atoms with Gasteiger partial charge >= 0.3 is 0 Å². The Morgan fingerprint density at radius 1 is 1.33 bits per heavy atom. The smallest absolute Gasteiger partial charge is 0.133 e. The summed E-state index contributed by atoms with van der Waals surface area (Å²) in [4.78, 5) is 0. The maximum Gasteiger partial charge on any atom is 0.133 e. The second kappa shape index (κ2) is 6.00. The van der Waals surface area contributed by atoms with Crippen LogP contribution in [-0.4, -0.2) is 22.1 Å². The molecule has 5 heteroatoms. The lowest BCUT2D eigenvalue weighted by atomic mass is 10.1. The predicted molar refractivity (Wildman–Crippen MR) is 73.8 cm³/mol. The van der Waals surface area contributed by atoms with E-state index in [1.807, 2.05) is 16.9 Å². The Morgan fingerprint density at radius 2 is 2.17 bits per heavy atom. The average Bonchev–Trinajstić information content (AvgIpc) is 2.84. The van der Waals surface area contributed by atoms with E-state index in [-0.39, 0.29) is 0 Å². The number of hydrogen-bond acceptors (Lipinski definition) is 3. The molecule has 0 saturated heterocycles. The molecule has 2 aromatic rings. The summed E-state index contributed by atoms with van der Waals surface area (Å²) in [7, 11) is 1.67. The summed E-state index contributed by atoms with van der Waals surface area (Å²) >= 11 is 3.49. The molecule has 0 radical (unpaired) electrons. The Labute approximate surface area is 115 Å². The molecule has 0 aliphatic rings. The zero-order valence-corrected chi connectivity index (χ0v) is 12.1. The van der Waals surface area contributed by atoms with Crippen molar-refractivity contribution >= 4 is 15.9 Å². The normalized spacial score (nSPS) is 10.6. The molecule has 0 saturated carbocycles. The largest absolute Gasteiger partial charge is 0.496 e. The van der Waals surface area contributed by atoms with Crippen molar-refractivity contribution in [1.82, 2.24) is 15.0 Å². The summed E-state index contributed by atoms with van der Waals surface area (Å²) in [6.45, 7) is 2.92. The van der Waals surface area contributed by atoms with Crippen molar-refractivity contribution in [2.24, 2.45) is 0 Å². The SMILES string of the molecule is CCn1cc(CCc2ccc(OC)c(Br)c2)nn1. The summed E-state index contributed by atoms with van der Waals surface area (Å²) in [5.41, 5.74) is 2.29. The molecule has 0 atom stereocenters. The minimum absolute atomic E-state index is 0.857. The Hall–Kier alpha value is -1.36. The van der Waals surface area contributed by atoms with Gasteiger partial charge in [0.05, 0.1) is 17.3 Å². The maximum absolute atomic E-state index is 5.21. The molecule has 1 heterocycles. The van der Waals surface area contributed by atoms with Gasteiger partial charge in [-0.05, 0) is 53.4 Å². The first-order chi connectivity index (χ1) is 8.72. The number of halogens is 1. The Balaban J connectivity index is 1.99. The van der Waals surface area contributed by atoms with Crippen LogP contribution in [0.25, 0.3) is 0 Å². The van der Waals surface area contributed by atoms with Crippen molar-refractivity contribution in [2.75, 3.05) is 7.11 Å². The lowest BCUT2D eigenvalue weighted by molar-refractivity contribution is 0.412. The molecule has 1 aromatic carbocycles. The van der Waals surface area contributed by atoms with Crippen LogP contribution in [0.2, 0.25) is 0 Å². The molecule has 4 nitrogen and oxygen atoms in total. The molecule has 0 N–H and O–H groups in total. The highest BCUT2D eigenvalue weighted by Gasteiger charge is 2.04. The van der Waals surface area contributed by atoms with Crippen LogP contribution < -0.4 is 4.74 Å². The first-order valence-corrected chi connectivity index (χ1v) is 6.73. The van der Waals surface area contributed by atoms with E-state index >= 15 is 0 Å². The molecule has 0 unspecified atom stereocenters. The van der Waals surface area contributed by atoms with Crippen LogP contribution >= 0.6 is 15.9 Å². The van der Waals surface area contributed by atoms with E-state index in [4.69, 9.17) is 4.74 Å². The summed E-state index contributed by atoms with van der Waals surface area (Å²) in [6, 6.07) is 6.14. The van der Waals surface area contributed by atoms with Gasteiger partial charge in [0.2, 0.25) is 0 Å². The molecule has 0 aliphatic carbocycles. The molecule has 18 heavy (non-hydrogen) atoms. The number of ether oxygens (including phenoxy) is 1. The zero-order valence-electron chi connectivity index (χ0n) is 10.6. The maximum atomic E-state index is 5.21. The van der Waals surface area contributed by atoms with Crippen molar-refractivity contribution in [3.8, 4) is 5.75 Å². The van der Waals surface area contributed by atoms with E-state index in [2.05, 4.69) is 45.3 Å². The number of aromatic nitrogens is 3.